The minimum absolute atomic E-state index is 0.309. The molecule has 2 aliphatic heterocycles. The second-order valence-corrected chi connectivity index (χ2v) is 7.66. The number of rotatable bonds is 5. The van der Waals surface area contributed by atoms with Crippen LogP contribution in [0.3, 0.4) is 0 Å². The molecular weight excluding hydrogens is 322 g/mol. The summed E-state index contributed by atoms with van der Waals surface area (Å²) in [4.78, 5) is 22.0. The molecule has 0 bridgehead atoms. The predicted octanol–water partition coefficient (Wildman–Crippen LogP) is 2.22. The Morgan fingerprint density at radius 2 is 2.33 bits per heavy atom. The number of hydrogen-bond donors (Lipinski definition) is 0. The Bertz CT molecular complexity index is 724. The molecule has 4 heterocycles. The van der Waals surface area contributed by atoms with E-state index < -0.39 is 0 Å². The van der Waals surface area contributed by atoms with E-state index in [4.69, 9.17) is 0 Å². The summed E-state index contributed by atoms with van der Waals surface area (Å²) in [7, 11) is 0. The summed E-state index contributed by atoms with van der Waals surface area (Å²) in [6, 6.07) is 2.45. The highest BCUT2D eigenvalue weighted by Crippen LogP contribution is 2.26. The fourth-order valence-electron chi connectivity index (χ4n) is 3.73. The normalized spacial score (nSPS) is 21.5. The second-order valence-electron chi connectivity index (χ2n) is 6.72. The number of fused-ring (bicyclic) bond motifs is 1. The van der Waals surface area contributed by atoms with Gasteiger partial charge in [-0.15, -0.1) is 11.3 Å². The Morgan fingerprint density at radius 3 is 3.08 bits per heavy atom. The van der Waals surface area contributed by atoms with E-state index in [0.717, 1.165) is 51.3 Å². The largest absolute Gasteiger partial charge is 0.343 e. The van der Waals surface area contributed by atoms with Gasteiger partial charge >= 0.3 is 0 Å². The van der Waals surface area contributed by atoms with E-state index in [-0.39, 0.29) is 0 Å². The van der Waals surface area contributed by atoms with Crippen molar-refractivity contribution in [3.05, 3.63) is 34.0 Å². The summed E-state index contributed by atoms with van der Waals surface area (Å²) >= 11 is 1.73. The van der Waals surface area contributed by atoms with Gasteiger partial charge in [0.1, 0.15) is 0 Å². The maximum absolute atomic E-state index is 11.8. The first-order valence-electron chi connectivity index (χ1n) is 8.62. The van der Waals surface area contributed by atoms with E-state index in [2.05, 4.69) is 32.7 Å². The lowest BCUT2D eigenvalue weighted by atomic mass is 10.1. The summed E-state index contributed by atoms with van der Waals surface area (Å²) in [6.07, 6.45) is 4.59. The van der Waals surface area contributed by atoms with Crippen LogP contribution in [0.4, 0.5) is 0 Å². The first-order chi connectivity index (χ1) is 11.7. The van der Waals surface area contributed by atoms with Crippen molar-refractivity contribution < 1.29 is 4.79 Å². The fraction of sp³-hybridized carbons (Fsp3) is 0.588. The molecule has 1 amide bonds. The van der Waals surface area contributed by atoms with Crippen LogP contribution in [0.5, 0.6) is 0 Å². The van der Waals surface area contributed by atoms with Crippen LogP contribution in [-0.2, 0) is 17.9 Å². The molecule has 2 aromatic heterocycles. The van der Waals surface area contributed by atoms with Crippen molar-refractivity contribution in [2.75, 3.05) is 19.6 Å². The number of carbonyl (C=O) groups excluding carboxylic acids is 1. The number of thiazole rings is 1. The average molecular weight is 345 g/mol. The highest BCUT2D eigenvalue weighted by Gasteiger charge is 2.28. The molecule has 0 saturated carbocycles. The number of nitrogens with zero attached hydrogens (tertiary/aromatic N) is 5. The Hall–Kier alpha value is -1.73. The van der Waals surface area contributed by atoms with Crippen molar-refractivity contribution in [2.45, 2.75) is 45.3 Å². The monoisotopic (exact) mass is 345 g/mol. The summed E-state index contributed by atoms with van der Waals surface area (Å²) in [5, 5.41) is 4.53. The van der Waals surface area contributed by atoms with Crippen molar-refractivity contribution >= 4 is 17.2 Å². The average Bonchev–Trinajstić information content (AvgIpc) is 3.28. The van der Waals surface area contributed by atoms with Crippen molar-refractivity contribution in [3.8, 4) is 0 Å². The van der Waals surface area contributed by atoms with Gasteiger partial charge in [-0.3, -0.25) is 14.4 Å². The molecule has 24 heavy (non-hydrogen) atoms. The van der Waals surface area contributed by atoms with Crippen molar-refractivity contribution in [3.63, 3.8) is 0 Å². The molecule has 6 nitrogen and oxygen atoms in total. The summed E-state index contributed by atoms with van der Waals surface area (Å²) in [5.74, 6) is 0.309. The number of aryl methyl sites for hydroxylation is 1. The zero-order valence-corrected chi connectivity index (χ0v) is 14.8. The Labute approximate surface area is 146 Å². The molecule has 2 aliphatic rings. The Morgan fingerprint density at radius 1 is 1.42 bits per heavy atom. The SMILES string of the molecule is Cc1ncsc1CN1Cc2ccnn2[C@@H](CCN2CCCC2=O)C1. The number of likely N-dealkylation sites (tertiary alicyclic amines) is 1. The van der Waals surface area contributed by atoms with Crippen molar-refractivity contribution in [1.29, 1.82) is 0 Å². The lowest BCUT2D eigenvalue weighted by Crippen LogP contribution is -2.39. The molecule has 0 radical (unpaired) electrons. The molecule has 1 fully saturated rings. The minimum atomic E-state index is 0.309. The van der Waals surface area contributed by atoms with Crippen LogP contribution < -0.4 is 0 Å². The van der Waals surface area contributed by atoms with Gasteiger partial charge in [0.2, 0.25) is 5.91 Å². The van der Waals surface area contributed by atoms with E-state index in [1.54, 1.807) is 11.3 Å². The Kier molecular flexibility index (Phi) is 4.37. The van der Waals surface area contributed by atoms with Gasteiger partial charge in [0, 0.05) is 50.2 Å². The molecule has 0 spiro atoms. The van der Waals surface area contributed by atoms with Gasteiger partial charge in [0.25, 0.3) is 0 Å². The van der Waals surface area contributed by atoms with E-state index >= 15 is 0 Å². The first kappa shape index (κ1) is 15.8. The van der Waals surface area contributed by atoms with Crippen LogP contribution in [0.1, 0.15) is 41.6 Å². The van der Waals surface area contributed by atoms with Gasteiger partial charge in [0.05, 0.1) is 22.9 Å². The number of hydrogen-bond acceptors (Lipinski definition) is 5. The molecule has 7 heteroatoms. The third-order valence-corrected chi connectivity index (χ3v) is 5.99. The first-order valence-corrected chi connectivity index (χ1v) is 9.50. The summed E-state index contributed by atoms with van der Waals surface area (Å²) in [5.41, 5.74) is 4.33. The molecule has 0 aromatic carbocycles. The predicted molar refractivity (Wildman–Crippen MR) is 92.7 cm³/mol. The summed E-state index contributed by atoms with van der Waals surface area (Å²) in [6.45, 7) is 6.69. The van der Waals surface area contributed by atoms with Crippen molar-refractivity contribution in [2.24, 2.45) is 0 Å². The van der Waals surface area contributed by atoms with E-state index in [0.29, 0.717) is 18.4 Å². The molecule has 1 atom stereocenters. The molecule has 0 aliphatic carbocycles. The van der Waals surface area contributed by atoms with E-state index in [1.807, 2.05) is 16.6 Å². The quantitative estimate of drug-likeness (QED) is 0.834. The third kappa shape index (κ3) is 3.10. The lowest BCUT2D eigenvalue weighted by molar-refractivity contribution is -0.127. The zero-order chi connectivity index (χ0) is 16.5. The topological polar surface area (TPSA) is 54.3 Å². The molecule has 0 unspecified atom stereocenters. The molecule has 4 rings (SSSR count). The molecule has 128 valence electrons. The van der Waals surface area contributed by atoms with E-state index in [9.17, 15) is 4.79 Å². The van der Waals surface area contributed by atoms with Crippen LogP contribution in [0.2, 0.25) is 0 Å². The van der Waals surface area contributed by atoms with Crippen LogP contribution >= 0.6 is 11.3 Å². The molecular formula is C17H23N5OS. The van der Waals surface area contributed by atoms with Gasteiger partial charge in [-0.25, -0.2) is 4.98 Å². The van der Waals surface area contributed by atoms with Gasteiger partial charge in [-0.05, 0) is 25.8 Å². The second kappa shape index (κ2) is 6.64. The van der Waals surface area contributed by atoms with Crippen molar-refractivity contribution in [1.82, 2.24) is 24.6 Å². The van der Waals surface area contributed by atoms with Crippen LogP contribution in [0.25, 0.3) is 0 Å². The van der Waals surface area contributed by atoms with Gasteiger partial charge in [0.15, 0.2) is 0 Å². The highest BCUT2D eigenvalue weighted by atomic mass is 32.1. The maximum atomic E-state index is 11.8. The zero-order valence-electron chi connectivity index (χ0n) is 14.0. The molecule has 1 saturated heterocycles. The molecule has 2 aromatic rings. The summed E-state index contributed by atoms with van der Waals surface area (Å²) < 4.78 is 2.16. The third-order valence-electron chi connectivity index (χ3n) is 5.07. The Balaban J connectivity index is 1.45. The van der Waals surface area contributed by atoms with E-state index in [1.165, 1.54) is 10.6 Å². The number of aromatic nitrogens is 3. The fourth-order valence-corrected chi connectivity index (χ4v) is 4.54. The lowest BCUT2D eigenvalue weighted by Gasteiger charge is -2.34. The maximum Gasteiger partial charge on any atom is 0.222 e. The molecule has 0 N–H and O–H groups in total. The highest BCUT2D eigenvalue weighted by molar-refractivity contribution is 7.09. The van der Waals surface area contributed by atoms with Crippen LogP contribution in [-0.4, -0.2) is 50.1 Å². The van der Waals surface area contributed by atoms with Crippen LogP contribution in [0.15, 0.2) is 17.8 Å². The van der Waals surface area contributed by atoms with Crippen LogP contribution in [0, 0.1) is 6.92 Å². The number of carbonyl (C=O) groups is 1. The standard InChI is InChI=1S/C17H23N5OS/c1-13-16(24-12-18-13)11-20-9-14-4-6-19-22(14)15(10-20)5-8-21-7-2-3-17(21)23/h4,6,12,15H,2-3,5,7-11H2,1H3/t15-/m0/s1. The number of amides is 1. The van der Waals surface area contributed by atoms with Gasteiger partial charge < -0.3 is 4.90 Å². The minimum Gasteiger partial charge on any atom is -0.343 e. The smallest absolute Gasteiger partial charge is 0.222 e. The van der Waals surface area contributed by atoms with Gasteiger partial charge in [-0.1, -0.05) is 0 Å². The van der Waals surface area contributed by atoms with Gasteiger partial charge in [-0.2, -0.15) is 5.10 Å².